The first-order valence-corrected chi connectivity index (χ1v) is 14.1. The molecule has 2 aromatic carbocycles. The second kappa shape index (κ2) is 11.4. The zero-order chi connectivity index (χ0) is 26.6. The van der Waals surface area contributed by atoms with Crippen molar-refractivity contribution in [2.24, 2.45) is 4.99 Å². The fraction of sp³-hybridized carbons (Fsp3) is 0.333. The summed E-state index contributed by atoms with van der Waals surface area (Å²) in [4.78, 5) is 27.2. The van der Waals surface area contributed by atoms with Gasteiger partial charge in [-0.25, -0.2) is 9.97 Å². The number of carbonyl (C=O) groups is 1. The third-order valence-corrected chi connectivity index (χ3v) is 7.78. The van der Waals surface area contributed by atoms with Crippen molar-refractivity contribution in [3.63, 3.8) is 0 Å². The molecule has 3 aliphatic rings. The summed E-state index contributed by atoms with van der Waals surface area (Å²) in [5.41, 5.74) is 6.15. The second-order valence-corrected chi connectivity index (χ2v) is 11.0. The van der Waals surface area contributed by atoms with Crippen LogP contribution in [0, 0.1) is 6.92 Å². The van der Waals surface area contributed by atoms with Gasteiger partial charge in [0.15, 0.2) is 11.0 Å². The highest BCUT2D eigenvalue weighted by Crippen LogP contribution is 2.30. The number of aromatic nitrogens is 3. The molecule has 7 nitrogen and oxygen atoms in total. The molecule has 2 unspecified atom stereocenters. The van der Waals surface area contributed by atoms with Gasteiger partial charge in [0.25, 0.3) is 0 Å². The Kier molecular flexibility index (Phi) is 7.79. The molecule has 0 saturated carbocycles. The SMILES string of the molecule is CCC(C(=O)Nc1cc(NC2C=NC2)ccc1C)n1cccc2nc(SCc3ccc(C(C)C)cc3)nc1-2. The third-order valence-electron chi connectivity index (χ3n) is 6.87. The largest absolute Gasteiger partial charge is 0.375 e. The van der Waals surface area contributed by atoms with Crippen LogP contribution in [0.2, 0.25) is 0 Å². The highest BCUT2D eigenvalue weighted by atomic mass is 32.2. The van der Waals surface area contributed by atoms with Crippen LogP contribution in [0.1, 0.15) is 55.8 Å². The smallest absolute Gasteiger partial charge is 0.247 e. The Balaban J connectivity index is 1.31. The number of imidazole rings is 1. The maximum atomic E-state index is 13.5. The Hall–Kier alpha value is -3.65. The van der Waals surface area contributed by atoms with Crippen LogP contribution in [0.5, 0.6) is 0 Å². The van der Waals surface area contributed by atoms with E-state index in [2.05, 4.69) is 53.7 Å². The van der Waals surface area contributed by atoms with Crippen molar-refractivity contribution >= 4 is 35.3 Å². The van der Waals surface area contributed by atoms with Gasteiger partial charge in [-0.1, -0.05) is 62.9 Å². The molecule has 5 rings (SSSR count). The molecule has 0 spiro atoms. The molecule has 2 aromatic rings. The molecule has 0 aliphatic carbocycles. The Labute approximate surface area is 228 Å². The number of benzene rings is 2. The number of aryl methyl sites for hydroxylation is 1. The van der Waals surface area contributed by atoms with Crippen molar-refractivity contribution < 1.29 is 4.79 Å². The Morgan fingerprint density at radius 3 is 2.61 bits per heavy atom. The number of thioether (sulfide) groups is 1. The predicted molar refractivity (Wildman–Crippen MR) is 157 cm³/mol. The molecule has 0 radical (unpaired) electrons. The molecule has 0 aromatic heterocycles. The number of anilines is 2. The number of nitrogens with one attached hydrogen (secondary N) is 2. The minimum atomic E-state index is -0.411. The third kappa shape index (κ3) is 5.75. The van der Waals surface area contributed by atoms with Crippen LogP contribution in [-0.2, 0) is 10.5 Å². The number of hydrogen-bond acceptors (Lipinski definition) is 6. The molecule has 3 aliphatic heterocycles. The number of hydrogen-bond donors (Lipinski definition) is 2. The molecule has 2 atom stereocenters. The van der Waals surface area contributed by atoms with Gasteiger partial charge < -0.3 is 15.2 Å². The van der Waals surface area contributed by atoms with E-state index in [9.17, 15) is 4.79 Å². The molecule has 0 bridgehead atoms. The first-order chi connectivity index (χ1) is 18.4. The fourth-order valence-corrected chi connectivity index (χ4v) is 5.27. The van der Waals surface area contributed by atoms with E-state index in [4.69, 9.17) is 9.97 Å². The van der Waals surface area contributed by atoms with Crippen LogP contribution in [0.3, 0.4) is 0 Å². The molecular formula is C30H34N6OS. The van der Waals surface area contributed by atoms with Crippen molar-refractivity contribution in [1.29, 1.82) is 0 Å². The topological polar surface area (TPSA) is 84.2 Å². The molecular weight excluding hydrogens is 492 g/mol. The van der Waals surface area contributed by atoms with Gasteiger partial charge in [0.05, 0.1) is 12.6 Å². The summed E-state index contributed by atoms with van der Waals surface area (Å²) in [7, 11) is 0. The number of nitrogens with zero attached hydrogens (tertiary/aromatic N) is 4. The first kappa shape index (κ1) is 26.0. The number of pyridine rings is 1. The number of fused-ring (bicyclic) bond motifs is 1. The summed E-state index contributed by atoms with van der Waals surface area (Å²) in [5.74, 6) is 1.97. The molecule has 8 heteroatoms. The number of amides is 1. The summed E-state index contributed by atoms with van der Waals surface area (Å²) in [6.45, 7) is 9.20. The normalized spacial score (nSPS) is 15.4. The van der Waals surface area contributed by atoms with E-state index in [1.807, 2.05) is 61.2 Å². The average Bonchev–Trinajstić information content (AvgIpc) is 3.31. The number of aliphatic imine (C=N–C) groups is 1. The van der Waals surface area contributed by atoms with E-state index in [1.54, 1.807) is 11.8 Å². The van der Waals surface area contributed by atoms with Gasteiger partial charge in [-0.15, -0.1) is 0 Å². The minimum Gasteiger partial charge on any atom is -0.375 e. The Morgan fingerprint density at radius 2 is 1.92 bits per heavy atom. The van der Waals surface area contributed by atoms with Gasteiger partial charge in [0.2, 0.25) is 5.91 Å². The average molecular weight is 527 g/mol. The maximum absolute atomic E-state index is 13.5. The molecule has 2 N–H and O–H groups in total. The van der Waals surface area contributed by atoms with Crippen LogP contribution in [0.25, 0.3) is 11.5 Å². The van der Waals surface area contributed by atoms with Gasteiger partial charge in [-0.3, -0.25) is 9.79 Å². The van der Waals surface area contributed by atoms with Crippen LogP contribution in [0.4, 0.5) is 11.4 Å². The predicted octanol–water partition coefficient (Wildman–Crippen LogP) is 6.56. The zero-order valence-corrected chi connectivity index (χ0v) is 23.1. The summed E-state index contributed by atoms with van der Waals surface area (Å²) < 4.78 is 1.95. The quantitative estimate of drug-likeness (QED) is 0.229. The second-order valence-electron chi connectivity index (χ2n) is 10.0. The summed E-state index contributed by atoms with van der Waals surface area (Å²) in [6, 6.07) is 18.5. The Bertz CT molecular complexity index is 1410. The lowest BCUT2D eigenvalue weighted by atomic mass is 10.0. The first-order valence-electron chi connectivity index (χ1n) is 13.2. The van der Waals surface area contributed by atoms with E-state index in [-0.39, 0.29) is 11.9 Å². The lowest BCUT2D eigenvalue weighted by molar-refractivity contribution is -0.119. The van der Waals surface area contributed by atoms with Crippen molar-refractivity contribution in [3.05, 3.63) is 77.5 Å². The molecule has 38 heavy (non-hydrogen) atoms. The Morgan fingerprint density at radius 1 is 1.13 bits per heavy atom. The van der Waals surface area contributed by atoms with Crippen LogP contribution < -0.4 is 10.6 Å². The lowest BCUT2D eigenvalue weighted by Gasteiger charge is -2.23. The minimum absolute atomic E-state index is 0.0714. The van der Waals surface area contributed by atoms with Gasteiger partial charge in [-0.2, -0.15) is 0 Å². The summed E-state index contributed by atoms with van der Waals surface area (Å²) in [5, 5.41) is 7.30. The number of rotatable bonds is 10. The molecule has 1 amide bonds. The van der Waals surface area contributed by atoms with Gasteiger partial charge in [-0.05, 0) is 60.2 Å². The van der Waals surface area contributed by atoms with Gasteiger partial charge in [0.1, 0.15) is 11.7 Å². The highest BCUT2D eigenvalue weighted by Gasteiger charge is 2.24. The van der Waals surface area contributed by atoms with E-state index >= 15 is 0 Å². The van der Waals surface area contributed by atoms with E-state index in [1.165, 1.54) is 11.1 Å². The summed E-state index contributed by atoms with van der Waals surface area (Å²) in [6.07, 6.45) is 4.45. The van der Waals surface area contributed by atoms with Gasteiger partial charge in [0, 0.05) is 29.5 Å². The van der Waals surface area contributed by atoms with Crippen molar-refractivity contribution in [1.82, 2.24) is 14.5 Å². The lowest BCUT2D eigenvalue weighted by Crippen LogP contribution is -2.31. The highest BCUT2D eigenvalue weighted by molar-refractivity contribution is 7.98. The van der Waals surface area contributed by atoms with Crippen molar-refractivity contribution in [2.75, 3.05) is 17.2 Å². The van der Waals surface area contributed by atoms with E-state index in [0.717, 1.165) is 45.9 Å². The zero-order valence-electron chi connectivity index (χ0n) is 22.3. The fourth-order valence-electron chi connectivity index (χ4n) is 4.47. The van der Waals surface area contributed by atoms with Crippen LogP contribution >= 0.6 is 11.8 Å². The van der Waals surface area contributed by atoms with Crippen molar-refractivity contribution in [2.45, 2.75) is 63.0 Å². The van der Waals surface area contributed by atoms with Gasteiger partial charge >= 0.3 is 0 Å². The van der Waals surface area contributed by atoms with Crippen LogP contribution in [-0.4, -0.2) is 39.2 Å². The standard InChI is InChI=1S/C30H34N6OS/c1-5-27(29(37)33-26-15-23(13-8-20(26)4)32-24-16-31-17-24)36-14-6-7-25-28(36)35-30(34-25)38-18-21-9-11-22(12-10-21)19(2)3/h6-16,19,24,27,32H,5,17-18H2,1-4H3,(H,33,37). The van der Waals surface area contributed by atoms with Crippen LogP contribution in [0.15, 0.2) is 70.9 Å². The maximum Gasteiger partial charge on any atom is 0.247 e. The summed E-state index contributed by atoms with van der Waals surface area (Å²) >= 11 is 1.62. The van der Waals surface area contributed by atoms with E-state index in [0.29, 0.717) is 12.3 Å². The van der Waals surface area contributed by atoms with E-state index < -0.39 is 6.04 Å². The monoisotopic (exact) mass is 526 g/mol. The number of carbonyl (C=O) groups excluding carboxylic acids is 1. The molecule has 3 heterocycles. The molecule has 196 valence electrons. The molecule has 0 fully saturated rings. The molecule has 0 saturated heterocycles. The van der Waals surface area contributed by atoms with Crippen molar-refractivity contribution in [3.8, 4) is 11.5 Å².